The normalized spacial score (nSPS) is 18.4. The van der Waals surface area contributed by atoms with Gasteiger partial charge in [-0.3, -0.25) is 19.8 Å². The van der Waals surface area contributed by atoms with Crippen LogP contribution < -0.4 is 10.6 Å². The summed E-state index contributed by atoms with van der Waals surface area (Å²) < 4.78 is 5.56. The molecule has 9 nitrogen and oxygen atoms in total. The predicted octanol–water partition coefficient (Wildman–Crippen LogP) is 3.86. The average Bonchev–Trinajstić information content (AvgIpc) is 3.32. The summed E-state index contributed by atoms with van der Waals surface area (Å²) in [6.07, 6.45) is 0. The standard InChI is InChI=1S/C23H27N3O6S2/c1-13-8-9-17(34-13)19-26(16(12-33-19)21(30)32-23(2,3)4)11-18(27)25-22(31)24-15-7-5-6-14(10-15)20(28)29/h5-10,16,19H,11-12H2,1-4H3,(H,28,29)(H2,24,25,27,31). The molecule has 11 heteroatoms. The van der Waals surface area contributed by atoms with Gasteiger partial charge in [0.05, 0.1) is 17.5 Å². The molecular formula is C23H27N3O6S2. The van der Waals surface area contributed by atoms with Crippen molar-refractivity contribution < 1.29 is 29.0 Å². The second kappa shape index (κ2) is 10.6. The number of thiophene rings is 1. The number of nitrogens with one attached hydrogen (secondary N) is 2. The summed E-state index contributed by atoms with van der Waals surface area (Å²) >= 11 is 3.13. The van der Waals surface area contributed by atoms with Crippen molar-refractivity contribution in [3.8, 4) is 0 Å². The van der Waals surface area contributed by atoms with Gasteiger partial charge in [-0.25, -0.2) is 9.59 Å². The fraction of sp³-hybridized carbons (Fsp3) is 0.391. The van der Waals surface area contributed by atoms with E-state index in [4.69, 9.17) is 9.84 Å². The number of rotatable bonds is 6. The van der Waals surface area contributed by atoms with Crippen LogP contribution in [0.3, 0.4) is 0 Å². The molecule has 1 aromatic carbocycles. The maximum absolute atomic E-state index is 12.9. The van der Waals surface area contributed by atoms with Crippen LogP contribution in [0.5, 0.6) is 0 Å². The van der Waals surface area contributed by atoms with E-state index in [0.717, 1.165) is 9.75 Å². The lowest BCUT2D eigenvalue weighted by molar-refractivity contribution is -0.160. The Labute approximate surface area is 205 Å². The number of amides is 3. The van der Waals surface area contributed by atoms with Gasteiger partial charge >= 0.3 is 18.0 Å². The van der Waals surface area contributed by atoms with Gasteiger partial charge in [-0.05, 0) is 58.0 Å². The van der Waals surface area contributed by atoms with Gasteiger partial charge in [0, 0.05) is 21.2 Å². The van der Waals surface area contributed by atoms with Crippen LogP contribution in [-0.2, 0) is 14.3 Å². The highest BCUT2D eigenvalue weighted by Gasteiger charge is 2.42. The Hall–Kier alpha value is -2.89. The summed E-state index contributed by atoms with van der Waals surface area (Å²) in [6, 6.07) is 8.21. The number of aromatic carboxylic acids is 1. The first kappa shape index (κ1) is 25.7. The first-order valence-corrected chi connectivity index (χ1v) is 12.4. The van der Waals surface area contributed by atoms with Crippen molar-refractivity contribution in [2.75, 3.05) is 17.6 Å². The molecule has 3 amide bonds. The van der Waals surface area contributed by atoms with Crippen LogP contribution in [0, 0.1) is 6.92 Å². The quantitative estimate of drug-likeness (QED) is 0.506. The summed E-state index contributed by atoms with van der Waals surface area (Å²) in [7, 11) is 0. The van der Waals surface area contributed by atoms with Gasteiger partial charge in [-0.2, -0.15) is 0 Å². The highest BCUT2D eigenvalue weighted by molar-refractivity contribution is 7.99. The molecule has 0 saturated carbocycles. The molecule has 1 fully saturated rings. The van der Waals surface area contributed by atoms with Gasteiger partial charge in [0.1, 0.15) is 11.6 Å². The monoisotopic (exact) mass is 505 g/mol. The molecule has 2 unspecified atom stereocenters. The molecule has 1 aromatic heterocycles. The van der Waals surface area contributed by atoms with E-state index in [1.54, 1.807) is 48.8 Å². The molecule has 1 aliphatic rings. The third kappa shape index (κ3) is 6.81. The molecule has 3 N–H and O–H groups in total. The van der Waals surface area contributed by atoms with Gasteiger partial charge in [0.25, 0.3) is 0 Å². The van der Waals surface area contributed by atoms with Gasteiger partial charge in [0.2, 0.25) is 5.91 Å². The number of carboxylic acid groups (broad SMARTS) is 1. The van der Waals surface area contributed by atoms with Gasteiger partial charge in [-0.1, -0.05) is 6.07 Å². The van der Waals surface area contributed by atoms with Crippen molar-refractivity contribution in [1.29, 1.82) is 0 Å². The molecule has 2 heterocycles. The smallest absolute Gasteiger partial charge is 0.335 e. The molecule has 0 aliphatic carbocycles. The Morgan fingerprint density at radius 3 is 2.53 bits per heavy atom. The number of hydrogen-bond acceptors (Lipinski definition) is 8. The number of hydrogen-bond donors (Lipinski definition) is 3. The number of benzene rings is 1. The Balaban J connectivity index is 1.70. The molecule has 0 spiro atoms. The van der Waals surface area contributed by atoms with Crippen molar-refractivity contribution in [2.45, 2.75) is 44.7 Å². The van der Waals surface area contributed by atoms with Crippen LogP contribution in [0.25, 0.3) is 0 Å². The first-order chi connectivity index (χ1) is 15.9. The number of esters is 1. The van der Waals surface area contributed by atoms with Gasteiger partial charge < -0.3 is 15.2 Å². The zero-order chi connectivity index (χ0) is 25.0. The minimum absolute atomic E-state index is 0.00695. The van der Waals surface area contributed by atoms with E-state index in [0.29, 0.717) is 5.75 Å². The first-order valence-electron chi connectivity index (χ1n) is 10.5. The number of carboxylic acids is 1. The Morgan fingerprint density at radius 2 is 1.91 bits per heavy atom. The molecule has 0 radical (unpaired) electrons. The number of imide groups is 1. The van der Waals surface area contributed by atoms with Crippen molar-refractivity contribution in [3.05, 3.63) is 51.7 Å². The summed E-state index contributed by atoms with van der Waals surface area (Å²) in [4.78, 5) is 52.9. The van der Waals surface area contributed by atoms with E-state index in [-0.39, 0.29) is 23.2 Å². The maximum atomic E-state index is 12.9. The Kier molecular flexibility index (Phi) is 8.01. The van der Waals surface area contributed by atoms with E-state index in [1.807, 2.05) is 19.1 Å². The number of carbonyl (C=O) groups excluding carboxylic acids is 3. The fourth-order valence-corrected chi connectivity index (χ4v) is 5.94. The van der Waals surface area contributed by atoms with Crippen LogP contribution >= 0.6 is 23.1 Å². The molecular weight excluding hydrogens is 478 g/mol. The third-order valence-corrected chi connectivity index (χ3v) is 7.29. The van der Waals surface area contributed by atoms with Crippen LogP contribution in [-0.4, -0.2) is 57.8 Å². The average molecular weight is 506 g/mol. The van der Waals surface area contributed by atoms with Crippen molar-refractivity contribution >= 4 is 52.7 Å². The Morgan fingerprint density at radius 1 is 1.18 bits per heavy atom. The van der Waals surface area contributed by atoms with Crippen molar-refractivity contribution in [1.82, 2.24) is 10.2 Å². The van der Waals surface area contributed by atoms with E-state index >= 15 is 0 Å². The summed E-state index contributed by atoms with van der Waals surface area (Å²) in [5.41, 5.74) is -0.425. The zero-order valence-electron chi connectivity index (χ0n) is 19.3. The largest absolute Gasteiger partial charge is 0.478 e. The van der Waals surface area contributed by atoms with Crippen LogP contribution in [0.15, 0.2) is 36.4 Å². The molecule has 1 aliphatic heterocycles. The van der Waals surface area contributed by atoms with Gasteiger partial charge in [-0.15, -0.1) is 23.1 Å². The van der Waals surface area contributed by atoms with E-state index in [2.05, 4.69) is 10.6 Å². The number of thioether (sulfide) groups is 1. The predicted molar refractivity (Wildman–Crippen MR) is 131 cm³/mol. The highest BCUT2D eigenvalue weighted by atomic mass is 32.2. The minimum Gasteiger partial charge on any atom is -0.478 e. The number of ether oxygens (including phenoxy) is 1. The zero-order valence-corrected chi connectivity index (χ0v) is 20.9. The van der Waals surface area contributed by atoms with Crippen LogP contribution in [0.4, 0.5) is 10.5 Å². The number of aryl methyl sites for hydroxylation is 1. The molecule has 2 aromatic rings. The minimum atomic E-state index is -1.13. The topological polar surface area (TPSA) is 125 Å². The molecule has 34 heavy (non-hydrogen) atoms. The lowest BCUT2D eigenvalue weighted by Gasteiger charge is -2.29. The molecule has 3 rings (SSSR count). The number of nitrogens with zero attached hydrogens (tertiary/aromatic N) is 1. The summed E-state index contributed by atoms with van der Waals surface area (Å²) in [6.45, 7) is 7.15. The second-order valence-corrected chi connectivity index (χ2v) is 11.2. The van der Waals surface area contributed by atoms with Crippen LogP contribution in [0.1, 0.15) is 46.3 Å². The van der Waals surface area contributed by atoms with Crippen molar-refractivity contribution in [3.63, 3.8) is 0 Å². The second-order valence-electron chi connectivity index (χ2n) is 8.74. The number of carbonyl (C=O) groups is 4. The number of anilines is 1. The van der Waals surface area contributed by atoms with Gasteiger partial charge in [0.15, 0.2) is 0 Å². The molecule has 182 valence electrons. The SMILES string of the molecule is Cc1ccc(C2SCC(C(=O)OC(C)(C)C)N2CC(=O)NC(=O)Nc2cccc(C(=O)O)c2)s1. The maximum Gasteiger partial charge on any atom is 0.335 e. The third-order valence-electron chi connectivity index (χ3n) is 4.74. The summed E-state index contributed by atoms with van der Waals surface area (Å²) in [5.74, 6) is -1.69. The van der Waals surface area contributed by atoms with E-state index in [1.165, 1.54) is 24.3 Å². The molecule has 2 atom stereocenters. The molecule has 0 bridgehead atoms. The van der Waals surface area contributed by atoms with E-state index in [9.17, 15) is 19.2 Å². The lowest BCUT2D eigenvalue weighted by atomic mass is 10.2. The highest BCUT2D eigenvalue weighted by Crippen LogP contribution is 2.44. The Bertz CT molecular complexity index is 1090. The molecule has 1 saturated heterocycles. The van der Waals surface area contributed by atoms with Crippen molar-refractivity contribution in [2.24, 2.45) is 0 Å². The fourth-order valence-electron chi connectivity index (χ4n) is 3.36. The summed E-state index contributed by atoms with van der Waals surface area (Å²) in [5, 5.41) is 13.6. The lowest BCUT2D eigenvalue weighted by Crippen LogP contribution is -2.48. The van der Waals surface area contributed by atoms with E-state index < -0.39 is 35.5 Å². The van der Waals surface area contributed by atoms with Crippen LogP contribution in [0.2, 0.25) is 0 Å². The number of urea groups is 1.